The molecule has 4 heteroatoms. The number of piperidine rings is 1. The molecule has 0 radical (unpaired) electrons. The summed E-state index contributed by atoms with van der Waals surface area (Å²) >= 11 is 3.38. The highest BCUT2D eigenvalue weighted by Crippen LogP contribution is 2.24. The molecule has 1 heterocycles. The van der Waals surface area contributed by atoms with Gasteiger partial charge in [-0.2, -0.15) is 0 Å². The molecule has 0 saturated carbocycles. The van der Waals surface area contributed by atoms with E-state index in [1.807, 2.05) is 0 Å². The first kappa shape index (κ1) is 13.7. The second-order valence-electron chi connectivity index (χ2n) is 4.83. The Morgan fingerprint density at radius 2 is 2.28 bits per heavy atom. The van der Waals surface area contributed by atoms with Crippen molar-refractivity contribution in [1.29, 1.82) is 0 Å². The summed E-state index contributed by atoms with van der Waals surface area (Å²) in [6, 6.07) is 4.75. The molecule has 2 rings (SSSR count). The zero-order valence-electron chi connectivity index (χ0n) is 10.5. The molecule has 1 saturated heterocycles. The van der Waals surface area contributed by atoms with Gasteiger partial charge in [0.05, 0.1) is 6.04 Å². The van der Waals surface area contributed by atoms with Gasteiger partial charge in [-0.15, -0.1) is 0 Å². The van der Waals surface area contributed by atoms with Gasteiger partial charge >= 0.3 is 0 Å². The van der Waals surface area contributed by atoms with Crippen molar-refractivity contribution >= 4 is 21.7 Å². The highest BCUT2D eigenvalue weighted by Gasteiger charge is 2.26. The number of carbonyl (C=O) groups excluding carboxylic acids is 1. The third kappa shape index (κ3) is 3.18. The quantitative estimate of drug-likeness (QED) is 0.851. The fourth-order valence-corrected chi connectivity index (χ4v) is 2.99. The summed E-state index contributed by atoms with van der Waals surface area (Å²) in [5.41, 5.74) is 1.03. The molecule has 0 aromatic heterocycles. The number of Topliss-reactive ketones (excluding diaryl/α,β-unsaturated/α-hetero) is 1. The number of likely N-dealkylation sites (tertiary alicyclic amines) is 1. The van der Waals surface area contributed by atoms with E-state index in [2.05, 4.69) is 20.8 Å². The zero-order valence-corrected chi connectivity index (χ0v) is 12.0. The van der Waals surface area contributed by atoms with Gasteiger partial charge in [0.1, 0.15) is 11.6 Å². The van der Waals surface area contributed by atoms with Crippen molar-refractivity contribution in [3.05, 3.63) is 34.1 Å². The van der Waals surface area contributed by atoms with Crippen LogP contribution in [-0.2, 0) is 11.3 Å². The monoisotopic (exact) mass is 313 g/mol. The van der Waals surface area contributed by atoms with Crippen LogP contribution in [0.15, 0.2) is 22.7 Å². The van der Waals surface area contributed by atoms with Gasteiger partial charge < -0.3 is 0 Å². The van der Waals surface area contributed by atoms with Crippen molar-refractivity contribution in [2.75, 3.05) is 6.54 Å². The first-order valence-corrected chi connectivity index (χ1v) is 7.05. The van der Waals surface area contributed by atoms with Crippen molar-refractivity contribution < 1.29 is 9.18 Å². The van der Waals surface area contributed by atoms with Crippen LogP contribution < -0.4 is 0 Å². The molecule has 1 atom stereocenters. The van der Waals surface area contributed by atoms with Crippen LogP contribution in [0.25, 0.3) is 0 Å². The fourth-order valence-electron chi connectivity index (χ4n) is 2.51. The molecule has 1 aliphatic heterocycles. The van der Waals surface area contributed by atoms with Crippen molar-refractivity contribution in [2.24, 2.45) is 0 Å². The van der Waals surface area contributed by atoms with Crippen LogP contribution in [0.2, 0.25) is 0 Å². The minimum absolute atomic E-state index is 0.0238. The molecule has 1 aromatic rings. The Balaban J connectivity index is 2.13. The van der Waals surface area contributed by atoms with Crippen LogP contribution in [0.5, 0.6) is 0 Å². The molecule has 0 aliphatic carbocycles. The number of ketones is 1. The molecule has 2 nitrogen and oxygen atoms in total. The molecule has 1 aromatic carbocycles. The number of hydrogen-bond donors (Lipinski definition) is 0. The molecule has 0 bridgehead atoms. The van der Waals surface area contributed by atoms with Gasteiger partial charge in [-0.1, -0.05) is 28.4 Å². The Kier molecular flexibility index (Phi) is 4.51. The highest BCUT2D eigenvalue weighted by atomic mass is 79.9. The van der Waals surface area contributed by atoms with E-state index in [1.54, 1.807) is 13.0 Å². The van der Waals surface area contributed by atoms with Gasteiger partial charge in [0.15, 0.2) is 0 Å². The number of halogens is 2. The topological polar surface area (TPSA) is 20.3 Å². The van der Waals surface area contributed by atoms with Crippen LogP contribution in [0.3, 0.4) is 0 Å². The summed E-state index contributed by atoms with van der Waals surface area (Å²) in [6.07, 6.45) is 3.18. The predicted octanol–water partition coefficient (Wildman–Crippen LogP) is 3.53. The van der Waals surface area contributed by atoms with Crippen LogP contribution in [0.4, 0.5) is 4.39 Å². The summed E-state index contributed by atoms with van der Waals surface area (Å²) < 4.78 is 13.8. The maximum Gasteiger partial charge on any atom is 0.146 e. The number of nitrogens with zero attached hydrogens (tertiary/aromatic N) is 1. The largest absolute Gasteiger partial charge is 0.298 e. The molecule has 18 heavy (non-hydrogen) atoms. The summed E-state index contributed by atoms with van der Waals surface area (Å²) in [6.45, 7) is 3.29. The number of rotatable bonds is 3. The Hall–Kier alpha value is -0.740. The smallest absolute Gasteiger partial charge is 0.146 e. The van der Waals surface area contributed by atoms with E-state index in [4.69, 9.17) is 0 Å². The third-order valence-corrected chi connectivity index (χ3v) is 4.21. The summed E-state index contributed by atoms with van der Waals surface area (Å²) in [5.74, 6) is -0.0136. The lowest BCUT2D eigenvalue weighted by atomic mass is 9.98. The van der Waals surface area contributed by atoms with E-state index < -0.39 is 0 Å². The van der Waals surface area contributed by atoms with E-state index in [-0.39, 0.29) is 17.6 Å². The van der Waals surface area contributed by atoms with Crippen molar-refractivity contribution in [2.45, 2.75) is 38.8 Å². The summed E-state index contributed by atoms with van der Waals surface area (Å²) in [7, 11) is 0. The minimum Gasteiger partial charge on any atom is -0.298 e. The van der Waals surface area contributed by atoms with E-state index in [0.717, 1.165) is 35.8 Å². The number of hydrogen-bond acceptors (Lipinski definition) is 2. The fraction of sp³-hybridized carbons (Fsp3) is 0.500. The van der Waals surface area contributed by atoms with Crippen molar-refractivity contribution in [3.8, 4) is 0 Å². The molecular formula is C14H17BrFNO. The standard InChI is InChI=1S/C14H17BrFNO/c1-10(18)14-4-2-3-7-17(14)9-11-5-6-12(16)8-13(11)15/h5-6,8,14H,2-4,7,9H2,1H3. The average molecular weight is 314 g/mol. The van der Waals surface area contributed by atoms with Crippen LogP contribution in [0, 0.1) is 5.82 Å². The van der Waals surface area contributed by atoms with Gasteiger partial charge in [0.25, 0.3) is 0 Å². The van der Waals surface area contributed by atoms with Crippen molar-refractivity contribution in [1.82, 2.24) is 4.90 Å². The average Bonchev–Trinajstić information content (AvgIpc) is 2.33. The summed E-state index contributed by atoms with van der Waals surface area (Å²) in [5, 5.41) is 0. The molecule has 0 N–H and O–H groups in total. The van der Waals surface area contributed by atoms with Gasteiger partial charge in [0, 0.05) is 11.0 Å². The molecule has 0 amide bonds. The van der Waals surface area contributed by atoms with E-state index >= 15 is 0 Å². The normalized spacial score (nSPS) is 20.9. The van der Waals surface area contributed by atoms with E-state index in [9.17, 15) is 9.18 Å². The van der Waals surface area contributed by atoms with Gasteiger partial charge in [-0.05, 0) is 44.0 Å². The molecule has 0 spiro atoms. The Morgan fingerprint density at radius 3 is 2.94 bits per heavy atom. The SMILES string of the molecule is CC(=O)C1CCCCN1Cc1ccc(F)cc1Br. The van der Waals surface area contributed by atoms with Crippen molar-refractivity contribution in [3.63, 3.8) is 0 Å². The van der Waals surface area contributed by atoms with Gasteiger partial charge in [0.2, 0.25) is 0 Å². The summed E-state index contributed by atoms with van der Waals surface area (Å²) in [4.78, 5) is 13.8. The lowest BCUT2D eigenvalue weighted by molar-refractivity contribution is -0.123. The Labute approximate surface area is 115 Å². The highest BCUT2D eigenvalue weighted by molar-refractivity contribution is 9.10. The maximum absolute atomic E-state index is 13.0. The molecule has 1 fully saturated rings. The third-order valence-electron chi connectivity index (χ3n) is 3.47. The second kappa shape index (κ2) is 5.93. The second-order valence-corrected chi connectivity index (χ2v) is 5.68. The Morgan fingerprint density at radius 1 is 1.50 bits per heavy atom. The first-order valence-electron chi connectivity index (χ1n) is 6.26. The first-order chi connectivity index (χ1) is 8.58. The molecule has 1 unspecified atom stereocenters. The van der Waals surface area contributed by atoms with Crippen LogP contribution in [0.1, 0.15) is 31.7 Å². The molecule has 1 aliphatic rings. The van der Waals surface area contributed by atoms with Gasteiger partial charge in [-0.25, -0.2) is 4.39 Å². The van der Waals surface area contributed by atoms with Crippen LogP contribution in [-0.4, -0.2) is 23.3 Å². The lowest BCUT2D eigenvalue weighted by Crippen LogP contribution is -2.43. The van der Waals surface area contributed by atoms with E-state index in [0.29, 0.717) is 6.54 Å². The minimum atomic E-state index is -0.243. The molecule has 98 valence electrons. The maximum atomic E-state index is 13.0. The zero-order chi connectivity index (χ0) is 13.1. The van der Waals surface area contributed by atoms with Crippen LogP contribution >= 0.6 is 15.9 Å². The number of carbonyl (C=O) groups is 1. The molecular weight excluding hydrogens is 297 g/mol. The number of benzene rings is 1. The lowest BCUT2D eigenvalue weighted by Gasteiger charge is -2.34. The Bertz CT molecular complexity index is 449. The predicted molar refractivity (Wildman–Crippen MR) is 72.8 cm³/mol. The van der Waals surface area contributed by atoms with E-state index in [1.165, 1.54) is 12.1 Å². The van der Waals surface area contributed by atoms with Gasteiger partial charge in [-0.3, -0.25) is 9.69 Å².